The van der Waals surface area contributed by atoms with Crippen molar-refractivity contribution in [1.82, 2.24) is 15.3 Å². The Balaban J connectivity index is 2.22. The zero-order valence-corrected chi connectivity index (χ0v) is 16.1. The number of aromatic nitrogens is 2. The molecule has 1 aromatic heterocycles. The van der Waals surface area contributed by atoms with Gasteiger partial charge in [-0.3, -0.25) is 9.97 Å². The highest BCUT2D eigenvalue weighted by Crippen LogP contribution is 2.29. The van der Waals surface area contributed by atoms with Crippen LogP contribution in [0.25, 0.3) is 6.08 Å². The molecular formula is C20H33N3O. The number of rotatable bonds is 3. The fourth-order valence-corrected chi connectivity index (χ4v) is 3.09. The van der Waals surface area contributed by atoms with E-state index in [1.54, 1.807) is 0 Å². The Morgan fingerprint density at radius 1 is 1.38 bits per heavy atom. The minimum Gasteiger partial charge on any atom is -0.395 e. The van der Waals surface area contributed by atoms with E-state index in [2.05, 4.69) is 51.0 Å². The van der Waals surface area contributed by atoms with Gasteiger partial charge in [0.05, 0.1) is 35.9 Å². The van der Waals surface area contributed by atoms with E-state index < -0.39 is 0 Å². The molecule has 2 N–H and O–H groups in total. The zero-order valence-electron chi connectivity index (χ0n) is 16.1. The van der Waals surface area contributed by atoms with Gasteiger partial charge in [0.2, 0.25) is 0 Å². The standard InChI is InChI=1S/C20H33N3O/c1-13-7-8-17(23-16(9-13)12-24)19-11-21-18(15(3)22-19)10-14(2)20(4,5)6/h10-11,13,16-17,23-24H,7-9,12H2,1-6H3/b14-10+. The predicted octanol–water partition coefficient (Wildman–Crippen LogP) is 4.05. The van der Waals surface area contributed by atoms with E-state index in [1.807, 2.05) is 13.1 Å². The van der Waals surface area contributed by atoms with Crippen LogP contribution < -0.4 is 5.32 Å². The van der Waals surface area contributed by atoms with Crippen molar-refractivity contribution in [2.24, 2.45) is 11.3 Å². The summed E-state index contributed by atoms with van der Waals surface area (Å²) in [6, 6.07) is 0.331. The average molecular weight is 332 g/mol. The van der Waals surface area contributed by atoms with Crippen LogP contribution in [0, 0.1) is 18.3 Å². The van der Waals surface area contributed by atoms with Crippen molar-refractivity contribution < 1.29 is 5.11 Å². The Kier molecular flexibility index (Phi) is 6.16. The van der Waals surface area contributed by atoms with Gasteiger partial charge in [0.1, 0.15) is 0 Å². The van der Waals surface area contributed by atoms with Crippen LogP contribution in [0.15, 0.2) is 11.8 Å². The largest absolute Gasteiger partial charge is 0.395 e. The molecule has 4 nitrogen and oxygen atoms in total. The van der Waals surface area contributed by atoms with Gasteiger partial charge in [0.15, 0.2) is 0 Å². The van der Waals surface area contributed by atoms with Crippen LogP contribution in [0.4, 0.5) is 0 Å². The summed E-state index contributed by atoms with van der Waals surface area (Å²) in [7, 11) is 0. The first kappa shape index (κ1) is 19.1. The van der Waals surface area contributed by atoms with Crippen LogP contribution in [0.2, 0.25) is 0 Å². The van der Waals surface area contributed by atoms with Gasteiger partial charge in [-0.25, -0.2) is 0 Å². The van der Waals surface area contributed by atoms with Gasteiger partial charge in [-0.1, -0.05) is 33.3 Å². The Hall–Kier alpha value is -1.26. The molecule has 0 aliphatic carbocycles. The molecule has 3 unspecified atom stereocenters. The predicted molar refractivity (Wildman–Crippen MR) is 99.6 cm³/mol. The highest BCUT2D eigenvalue weighted by Gasteiger charge is 2.25. The fraction of sp³-hybridized carbons (Fsp3) is 0.700. The van der Waals surface area contributed by atoms with Crippen LogP contribution in [0.1, 0.15) is 77.0 Å². The molecule has 1 saturated heterocycles. The normalized spacial score (nSPS) is 26.3. The number of hydrogen-bond acceptors (Lipinski definition) is 4. The second-order valence-electron chi connectivity index (χ2n) is 8.36. The van der Waals surface area contributed by atoms with Crippen LogP contribution >= 0.6 is 0 Å². The maximum atomic E-state index is 9.57. The van der Waals surface area contributed by atoms with Crippen molar-refractivity contribution >= 4 is 6.08 Å². The van der Waals surface area contributed by atoms with E-state index in [0.29, 0.717) is 5.92 Å². The molecular weight excluding hydrogens is 298 g/mol. The molecule has 4 heteroatoms. The lowest BCUT2D eigenvalue weighted by Gasteiger charge is -2.22. The maximum Gasteiger partial charge on any atom is 0.0842 e. The van der Waals surface area contributed by atoms with Crippen molar-refractivity contribution in [2.75, 3.05) is 6.61 Å². The van der Waals surface area contributed by atoms with Gasteiger partial charge in [-0.05, 0) is 50.5 Å². The fourth-order valence-electron chi connectivity index (χ4n) is 3.09. The summed E-state index contributed by atoms with van der Waals surface area (Å²) in [4.78, 5) is 9.48. The van der Waals surface area contributed by atoms with Gasteiger partial charge < -0.3 is 10.4 Å². The number of nitrogens with zero attached hydrogens (tertiary/aromatic N) is 2. The van der Waals surface area contributed by atoms with Crippen molar-refractivity contribution in [3.8, 4) is 0 Å². The topological polar surface area (TPSA) is 58.0 Å². The molecule has 0 spiro atoms. The monoisotopic (exact) mass is 331 g/mol. The Bertz CT molecular complexity index is 589. The number of aryl methyl sites for hydroxylation is 1. The van der Waals surface area contributed by atoms with Gasteiger partial charge >= 0.3 is 0 Å². The molecule has 2 heterocycles. The van der Waals surface area contributed by atoms with Crippen LogP contribution in [0.5, 0.6) is 0 Å². The van der Waals surface area contributed by atoms with Crippen LogP contribution in [0.3, 0.4) is 0 Å². The number of allylic oxidation sites excluding steroid dienone is 1. The van der Waals surface area contributed by atoms with Gasteiger partial charge in [0, 0.05) is 6.04 Å². The molecule has 2 rings (SSSR count). The van der Waals surface area contributed by atoms with Crippen LogP contribution in [-0.4, -0.2) is 27.7 Å². The molecule has 3 atom stereocenters. The molecule has 0 amide bonds. The van der Waals surface area contributed by atoms with Crippen molar-refractivity contribution in [1.29, 1.82) is 0 Å². The molecule has 1 aromatic rings. The lowest BCUT2D eigenvalue weighted by Crippen LogP contribution is -2.35. The van der Waals surface area contributed by atoms with E-state index in [0.717, 1.165) is 36.3 Å². The SMILES string of the molecule is C/C(=C\c1ncc(C2CCC(C)CC(CO)N2)nc1C)C(C)(C)C. The second-order valence-corrected chi connectivity index (χ2v) is 8.36. The third-order valence-corrected chi connectivity index (χ3v) is 5.19. The summed E-state index contributed by atoms with van der Waals surface area (Å²) < 4.78 is 0. The number of aliphatic hydroxyl groups excluding tert-OH is 1. The minimum atomic E-state index is 0.139. The Morgan fingerprint density at radius 2 is 2.08 bits per heavy atom. The third-order valence-electron chi connectivity index (χ3n) is 5.19. The molecule has 0 aromatic carbocycles. The lowest BCUT2D eigenvalue weighted by atomic mass is 9.87. The summed E-state index contributed by atoms with van der Waals surface area (Å²) >= 11 is 0. The van der Waals surface area contributed by atoms with Gasteiger partial charge in [-0.15, -0.1) is 0 Å². The molecule has 0 bridgehead atoms. The summed E-state index contributed by atoms with van der Waals surface area (Å²) in [5.74, 6) is 0.630. The van der Waals surface area contributed by atoms with E-state index in [9.17, 15) is 5.11 Å². The summed E-state index contributed by atoms with van der Waals surface area (Å²) in [5, 5.41) is 13.1. The smallest absolute Gasteiger partial charge is 0.0842 e. The Labute approximate surface area is 146 Å². The minimum absolute atomic E-state index is 0.139. The third kappa shape index (κ3) is 4.87. The van der Waals surface area contributed by atoms with Crippen molar-refractivity contribution in [2.45, 2.75) is 72.9 Å². The maximum absolute atomic E-state index is 9.57. The molecule has 0 radical (unpaired) electrons. The van der Waals surface area contributed by atoms with Gasteiger partial charge in [-0.2, -0.15) is 0 Å². The number of aliphatic hydroxyl groups is 1. The highest BCUT2D eigenvalue weighted by atomic mass is 16.3. The highest BCUT2D eigenvalue weighted by molar-refractivity contribution is 5.51. The molecule has 134 valence electrons. The molecule has 1 aliphatic rings. The van der Waals surface area contributed by atoms with Crippen molar-refractivity contribution in [3.05, 3.63) is 28.9 Å². The molecule has 1 aliphatic heterocycles. The van der Waals surface area contributed by atoms with E-state index >= 15 is 0 Å². The first-order chi connectivity index (χ1) is 11.2. The lowest BCUT2D eigenvalue weighted by molar-refractivity contribution is 0.222. The molecule has 24 heavy (non-hydrogen) atoms. The van der Waals surface area contributed by atoms with Gasteiger partial charge in [0.25, 0.3) is 0 Å². The van der Waals surface area contributed by atoms with Crippen molar-refractivity contribution in [3.63, 3.8) is 0 Å². The summed E-state index contributed by atoms with van der Waals surface area (Å²) in [6.07, 6.45) is 7.26. The number of nitrogens with one attached hydrogen (secondary N) is 1. The number of hydrogen-bond donors (Lipinski definition) is 2. The van der Waals surface area contributed by atoms with E-state index in [1.165, 1.54) is 5.57 Å². The first-order valence-corrected chi connectivity index (χ1v) is 9.10. The molecule has 1 fully saturated rings. The van der Waals surface area contributed by atoms with E-state index in [4.69, 9.17) is 4.98 Å². The zero-order chi connectivity index (χ0) is 17.9. The van der Waals surface area contributed by atoms with E-state index in [-0.39, 0.29) is 24.1 Å². The summed E-state index contributed by atoms with van der Waals surface area (Å²) in [6.45, 7) is 13.2. The second kappa shape index (κ2) is 7.75. The quantitative estimate of drug-likeness (QED) is 0.877. The summed E-state index contributed by atoms with van der Waals surface area (Å²) in [5.41, 5.74) is 4.35. The molecule has 0 saturated carbocycles. The first-order valence-electron chi connectivity index (χ1n) is 9.10. The average Bonchev–Trinajstić information content (AvgIpc) is 2.69. The van der Waals surface area contributed by atoms with Crippen LogP contribution in [-0.2, 0) is 0 Å². The Morgan fingerprint density at radius 3 is 2.67 bits per heavy atom.